The van der Waals surface area contributed by atoms with Gasteiger partial charge in [0, 0.05) is 12.8 Å². The first-order valence-electron chi connectivity index (χ1n) is 34.3. The first-order chi connectivity index (χ1) is 40.0. The molecule has 0 saturated carbocycles. The Bertz CT molecular complexity index is 1660. The second-order valence-electron chi connectivity index (χ2n) is 24.2. The maximum atomic E-state index is 12.8. The summed E-state index contributed by atoms with van der Waals surface area (Å²) in [6.07, 6.45) is 85.2. The fourth-order valence-electron chi connectivity index (χ4n) is 9.66. The molecule has 476 valence electrons. The highest BCUT2D eigenvalue weighted by Gasteiger charge is 2.22. The van der Waals surface area contributed by atoms with Crippen LogP contribution in [0.25, 0.3) is 0 Å². The number of carbonyl (C=O) groups excluding carboxylic acids is 2. The molecule has 82 heavy (non-hydrogen) atoms. The zero-order chi connectivity index (χ0) is 59.8. The lowest BCUT2D eigenvalue weighted by Gasteiger charge is -2.28. The zero-order valence-electron chi connectivity index (χ0n) is 54.2. The summed E-state index contributed by atoms with van der Waals surface area (Å²) in [7, 11) is 1.16. The van der Waals surface area contributed by atoms with Crippen LogP contribution in [0.4, 0.5) is 0 Å². The molecular weight excluding hydrogens is 1040 g/mol. The van der Waals surface area contributed by atoms with Crippen LogP contribution in [-0.4, -0.2) is 70.0 Å². The van der Waals surface area contributed by atoms with Gasteiger partial charge in [-0.05, 0) is 89.9 Å². The Morgan fingerprint density at radius 2 is 0.695 bits per heavy atom. The van der Waals surface area contributed by atoms with E-state index in [-0.39, 0.29) is 32.0 Å². The number of phosphoric ester groups is 1. The number of allylic oxidation sites excluding steroid dienone is 14. The number of esters is 2. The van der Waals surface area contributed by atoms with E-state index in [0.29, 0.717) is 17.4 Å². The summed E-state index contributed by atoms with van der Waals surface area (Å²) in [4.78, 5) is 38.0. The van der Waals surface area contributed by atoms with Gasteiger partial charge in [0.1, 0.15) is 19.8 Å². The predicted octanol–water partition coefficient (Wildman–Crippen LogP) is 21.5. The van der Waals surface area contributed by atoms with Gasteiger partial charge in [-0.3, -0.25) is 14.2 Å². The highest BCUT2D eigenvalue weighted by Crippen LogP contribution is 2.38. The van der Waals surface area contributed by atoms with Crippen LogP contribution in [0.2, 0.25) is 0 Å². The van der Waals surface area contributed by atoms with Crippen molar-refractivity contribution in [3.05, 3.63) is 85.1 Å². The first kappa shape index (κ1) is 79.2. The molecule has 0 aromatic heterocycles. The first-order valence-corrected chi connectivity index (χ1v) is 35.8. The summed E-state index contributed by atoms with van der Waals surface area (Å²) in [6.45, 7) is 4.13. The van der Waals surface area contributed by atoms with Crippen molar-refractivity contribution in [1.29, 1.82) is 0 Å². The number of quaternary nitrogens is 1. The molecule has 0 aliphatic heterocycles. The normalized spacial score (nSPS) is 13.7. The third kappa shape index (κ3) is 66.3. The van der Waals surface area contributed by atoms with Crippen molar-refractivity contribution >= 4 is 19.8 Å². The molecule has 0 spiro atoms. The maximum absolute atomic E-state index is 12.8. The average Bonchev–Trinajstić information content (AvgIpc) is 3.46. The molecule has 0 heterocycles. The van der Waals surface area contributed by atoms with Crippen LogP contribution in [-0.2, 0) is 32.7 Å². The van der Waals surface area contributed by atoms with E-state index in [1.807, 2.05) is 21.1 Å². The highest BCUT2D eigenvalue weighted by molar-refractivity contribution is 7.45. The number of rotatable bonds is 63. The van der Waals surface area contributed by atoms with Gasteiger partial charge in [-0.2, -0.15) is 0 Å². The summed E-state index contributed by atoms with van der Waals surface area (Å²) in [5.41, 5.74) is 0. The highest BCUT2D eigenvalue weighted by atomic mass is 31.2. The third-order valence-corrected chi connectivity index (χ3v) is 15.9. The number of phosphoric acid groups is 1. The van der Waals surface area contributed by atoms with Gasteiger partial charge in [-0.25, -0.2) is 0 Å². The number of carbonyl (C=O) groups is 2. The SMILES string of the molecule is CC/C=C\C/C=C\C/C=C\C/C=C\CCCCCCCCCCC(=O)OC(COC(=O)CCCCCCCCCCCCCCCCCCCCCCCC/C=C\C/C=C\C/C=C\CCCCCCC)COP(=O)([O-])OCC[N+](C)(C)C. The van der Waals surface area contributed by atoms with Crippen molar-refractivity contribution in [3.63, 3.8) is 0 Å². The Morgan fingerprint density at radius 1 is 0.390 bits per heavy atom. The summed E-state index contributed by atoms with van der Waals surface area (Å²) < 4.78 is 34.3. The van der Waals surface area contributed by atoms with Gasteiger partial charge in [0.2, 0.25) is 0 Å². The van der Waals surface area contributed by atoms with E-state index >= 15 is 0 Å². The lowest BCUT2D eigenvalue weighted by molar-refractivity contribution is -0.870. The maximum Gasteiger partial charge on any atom is 0.306 e. The van der Waals surface area contributed by atoms with Gasteiger partial charge in [-0.1, -0.05) is 292 Å². The molecule has 0 N–H and O–H groups in total. The lowest BCUT2D eigenvalue weighted by atomic mass is 10.0. The monoisotopic (exact) mass is 1170 g/mol. The van der Waals surface area contributed by atoms with Gasteiger partial charge in [0.25, 0.3) is 7.82 Å². The molecule has 0 amide bonds. The summed E-state index contributed by atoms with van der Waals surface area (Å²) >= 11 is 0. The standard InChI is InChI=1S/C72H130NO8P/c1-6-8-10-12-14-16-18-20-22-24-26-28-29-30-31-32-33-34-35-36-37-38-39-40-41-42-43-45-46-48-50-52-54-56-58-60-62-64-71(74)78-68-70(69-80-82(76,77)79-67-66-73(3,4)5)81-72(75)65-63-61-59-57-55-53-51-49-47-44-27-25-23-21-19-17-15-13-11-9-7-2/h9,11,15,17-18,20-21,23-24,26-27,29-30,44,70H,6-8,10,12-14,16,19,22,25,28,31-43,45-69H2,1-5H3/b11-9-,17-15-,20-18-,23-21-,26-24-,30-29-,44-27-. The van der Waals surface area contributed by atoms with Gasteiger partial charge >= 0.3 is 11.9 Å². The summed E-state index contributed by atoms with van der Waals surface area (Å²) in [6, 6.07) is 0. The molecule has 9 nitrogen and oxygen atoms in total. The van der Waals surface area contributed by atoms with Crippen LogP contribution in [0.3, 0.4) is 0 Å². The van der Waals surface area contributed by atoms with Gasteiger partial charge in [0.05, 0.1) is 27.7 Å². The van der Waals surface area contributed by atoms with E-state index in [1.165, 1.54) is 193 Å². The molecule has 0 aromatic carbocycles. The van der Waals surface area contributed by atoms with Crippen molar-refractivity contribution in [1.82, 2.24) is 0 Å². The number of hydrogen-bond acceptors (Lipinski definition) is 8. The molecule has 0 aliphatic carbocycles. The van der Waals surface area contributed by atoms with E-state index in [1.54, 1.807) is 0 Å². The van der Waals surface area contributed by atoms with Crippen LogP contribution >= 0.6 is 7.82 Å². The Labute approximate surface area is 507 Å². The molecule has 0 saturated heterocycles. The molecule has 0 aromatic rings. The second kappa shape index (κ2) is 62.7. The molecule has 2 unspecified atom stereocenters. The predicted molar refractivity (Wildman–Crippen MR) is 351 cm³/mol. The fourth-order valence-corrected chi connectivity index (χ4v) is 10.4. The minimum Gasteiger partial charge on any atom is -0.756 e. The van der Waals surface area contributed by atoms with E-state index in [2.05, 4.69) is 98.9 Å². The molecule has 0 fully saturated rings. The second-order valence-corrected chi connectivity index (χ2v) is 25.6. The van der Waals surface area contributed by atoms with E-state index in [0.717, 1.165) is 83.5 Å². The lowest BCUT2D eigenvalue weighted by Crippen LogP contribution is -2.37. The average molecular weight is 1170 g/mol. The minimum absolute atomic E-state index is 0.0344. The number of likely N-dealkylation sites (N-methyl/N-ethyl adjacent to an activating group) is 1. The van der Waals surface area contributed by atoms with Crippen molar-refractivity contribution in [2.45, 2.75) is 315 Å². The third-order valence-electron chi connectivity index (χ3n) is 14.9. The van der Waals surface area contributed by atoms with Crippen molar-refractivity contribution in [2.24, 2.45) is 0 Å². The Hall–Kier alpha value is -2.81. The largest absolute Gasteiger partial charge is 0.756 e. The zero-order valence-corrected chi connectivity index (χ0v) is 55.1. The Balaban J connectivity index is 3.98. The molecule has 0 aliphatic rings. The number of nitrogens with zero attached hydrogens (tertiary/aromatic N) is 1. The molecule has 0 bridgehead atoms. The topological polar surface area (TPSA) is 111 Å². The van der Waals surface area contributed by atoms with E-state index in [9.17, 15) is 19.0 Å². The van der Waals surface area contributed by atoms with Crippen molar-refractivity contribution in [3.8, 4) is 0 Å². The summed E-state index contributed by atoms with van der Waals surface area (Å²) in [5.74, 6) is -0.834. The quantitative estimate of drug-likeness (QED) is 0.0195. The smallest absolute Gasteiger partial charge is 0.306 e. The number of hydrogen-bond donors (Lipinski definition) is 0. The fraction of sp³-hybridized carbons (Fsp3) is 0.778. The Kier molecular flexibility index (Phi) is 60.6. The van der Waals surface area contributed by atoms with Crippen LogP contribution < -0.4 is 4.89 Å². The van der Waals surface area contributed by atoms with Crippen LogP contribution in [0, 0.1) is 0 Å². The summed E-state index contributed by atoms with van der Waals surface area (Å²) in [5, 5.41) is 0. The number of unbranched alkanes of at least 4 members (excludes halogenated alkanes) is 35. The van der Waals surface area contributed by atoms with Gasteiger partial charge in [0.15, 0.2) is 6.10 Å². The van der Waals surface area contributed by atoms with E-state index in [4.69, 9.17) is 18.5 Å². The molecule has 0 radical (unpaired) electrons. The van der Waals surface area contributed by atoms with Gasteiger partial charge < -0.3 is 27.9 Å². The van der Waals surface area contributed by atoms with Crippen molar-refractivity contribution in [2.75, 3.05) is 47.5 Å². The molecular formula is C72H130NO8P. The van der Waals surface area contributed by atoms with Crippen LogP contribution in [0.5, 0.6) is 0 Å². The Morgan fingerprint density at radius 3 is 1.04 bits per heavy atom. The molecule has 10 heteroatoms. The van der Waals surface area contributed by atoms with Crippen molar-refractivity contribution < 1.29 is 42.1 Å². The molecule has 2 atom stereocenters. The van der Waals surface area contributed by atoms with Gasteiger partial charge in [-0.15, -0.1) is 0 Å². The number of ether oxygens (including phenoxy) is 2. The van der Waals surface area contributed by atoms with E-state index < -0.39 is 26.5 Å². The minimum atomic E-state index is -4.64. The molecule has 0 rings (SSSR count). The van der Waals surface area contributed by atoms with Crippen LogP contribution in [0.1, 0.15) is 309 Å². The van der Waals surface area contributed by atoms with Crippen LogP contribution in [0.15, 0.2) is 85.1 Å².